The van der Waals surface area contributed by atoms with E-state index in [2.05, 4.69) is 77.0 Å². The number of carbonyl (C=O) groups is 1. The Bertz CT molecular complexity index is 1150. The standard InChI is InChI=1S/C28H42N8O/c1-21(2)35(22(3)4)18-15-33-13-16-34(17-14-33)26(37)20-30-28-27(31-25-19-29-11-12-36(25)28)23-7-9-24(10-8-23)32(5)6/h7-12,19,21-22,30H,13-18,20H2,1-6H3. The third-order valence-electron chi connectivity index (χ3n) is 7.22. The Hall–Kier alpha value is -3.17. The first-order valence-corrected chi connectivity index (χ1v) is 13.3. The lowest BCUT2D eigenvalue weighted by molar-refractivity contribution is -0.131. The van der Waals surface area contributed by atoms with Crippen LogP contribution < -0.4 is 10.2 Å². The van der Waals surface area contributed by atoms with Crippen molar-refractivity contribution in [2.24, 2.45) is 0 Å². The minimum absolute atomic E-state index is 0.114. The topological polar surface area (TPSA) is 72.2 Å². The second kappa shape index (κ2) is 11.9. The van der Waals surface area contributed by atoms with Crippen molar-refractivity contribution in [3.05, 3.63) is 42.9 Å². The van der Waals surface area contributed by atoms with Crippen molar-refractivity contribution in [2.45, 2.75) is 39.8 Å². The number of nitrogens with one attached hydrogen (secondary N) is 1. The Morgan fingerprint density at radius 1 is 1.03 bits per heavy atom. The highest BCUT2D eigenvalue weighted by Crippen LogP contribution is 2.29. The molecule has 2 aromatic heterocycles. The molecule has 1 saturated heterocycles. The number of anilines is 2. The van der Waals surface area contributed by atoms with E-state index >= 15 is 0 Å². The zero-order valence-corrected chi connectivity index (χ0v) is 23.2. The van der Waals surface area contributed by atoms with Crippen molar-refractivity contribution in [1.82, 2.24) is 29.1 Å². The van der Waals surface area contributed by atoms with Crippen LogP contribution in [0.5, 0.6) is 0 Å². The molecule has 0 unspecified atom stereocenters. The fraction of sp³-hybridized carbons (Fsp3) is 0.536. The van der Waals surface area contributed by atoms with Crippen LogP contribution in [0, 0.1) is 0 Å². The van der Waals surface area contributed by atoms with Gasteiger partial charge in [0.25, 0.3) is 0 Å². The van der Waals surface area contributed by atoms with Gasteiger partial charge in [-0.15, -0.1) is 0 Å². The highest BCUT2D eigenvalue weighted by atomic mass is 16.2. The molecule has 0 atom stereocenters. The van der Waals surface area contributed by atoms with Gasteiger partial charge in [-0.05, 0) is 39.8 Å². The fourth-order valence-electron chi connectivity index (χ4n) is 5.06. The van der Waals surface area contributed by atoms with Crippen LogP contribution in [0.4, 0.5) is 11.5 Å². The zero-order chi connectivity index (χ0) is 26.5. The molecular weight excluding hydrogens is 464 g/mol. The summed E-state index contributed by atoms with van der Waals surface area (Å²) in [6.07, 6.45) is 5.35. The lowest BCUT2D eigenvalue weighted by atomic mass is 10.1. The minimum atomic E-state index is 0.114. The van der Waals surface area contributed by atoms with Crippen LogP contribution in [0.15, 0.2) is 42.9 Å². The van der Waals surface area contributed by atoms with Crippen molar-refractivity contribution in [3.63, 3.8) is 0 Å². The number of carbonyl (C=O) groups excluding carboxylic acids is 1. The average molecular weight is 507 g/mol. The number of nitrogens with zero attached hydrogens (tertiary/aromatic N) is 7. The van der Waals surface area contributed by atoms with Crippen LogP contribution in [0.3, 0.4) is 0 Å². The number of aromatic nitrogens is 3. The minimum Gasteiger partial charge on any atom is -0.378 e. The molecular formula is C28H42N8O. The normalized spacial score (nSPS) is 14.8. The predicted octanol–water partition coefficient (Wildman–Crippen LogP) is 3.14. The highest BCUT2D eigenvalue weighted by Gasteiger charge is 2.23. The van der Waals surface area contributed by atoms with Gasteiger partial charge in [0, 0.05) is 89.1 Å². The largest absolute Gasteiger partial charge is 0.378 e. The third kappa shape index (κ3) is 6.40. The van der Waals surface area contributed by atoms with Gasteiger partial charge >= 0.3 is 0 Å². The number of hydrogen-bond acceptors (Lipinski definition) is 7. The summed E-state index contributed by atoms with van der Waals surface area (Å²) in [6.45, 7) is 14.7. The SMILES string of the molecule is CC(C)N(CCN1CCN(C(=O)CNc2c(-c3ccc(N(C)C)cc3)nc3cnccn23)CC1)C(C)C. The Morgan fingerprint density at radius 3 is 2.32 bits per heavy atom. The highest BCUT2D eigenvalue weighted by molar-refractivity contribution is 5.84. The molecule has 1 amide bonds. The Morgan fingerprint density at radius 2 is 1.70 bits per heavy atom. The molecule has 1 fully saturated rings. The molecule has 9 nitrogen and oxygen atoms in total. The molecule has 0 radical (unpaired) electrons. The van der Waals surface area contributed by atoms with Gasteiger partial charge in [-0.2, -0.15) is 0 Å². The molecule has 0 spiro atoms. The third-order valence-corrected chi connectivity index (χ3v) is 7.22. The van der Waals surface area contributed by atoms with Crippen molar-refractivity contribution in [1.29, 1.82) is 0 Å². The first-order chi connectivity index (χ1) is 17.7. The van der Waals surface area contributed by atoms with E-state index in [1.165, 1.54) is 0 Å². The summed E-state index contributed by atoms with van der Waals surface area (Å²) in [6, 6.07) is 9.37. The molecule has 1 N–H and O–H groups in total. The van der Waals surface area contributed by atoms with Gasteiger partial charge in [-0.25, -0.2) is 4.98 Å². The van der Waals surface area contributed by atoms with Crippen LogP contribution >= 0.6 is 0 Å². The first-order valence-electron chi connectivity index (χ1n) is 13.3. The zero-order valence-electron chi connectivity index (χ0n) is 23.2. The van der Waals surface area contributed by atoms with Gasteiger partial charge in [0.05, 0.1) is 12.7 Å². The number of amides is 1. The summed E-state index contributed by atoms with van der Waals surface area (Å²) in [5.74, 6) is 0.924. The smallest absolute Gasteiger partial charge is 0.242 e. The molecule has 3 heterocycles. The molecule has 1 aliphatic rings. The number of hydrogen-bond donors (Lipinski definition) is 1. The van der Waals surface area contributed by atoms with Gasteiger partial charge in [-0.1, -0.05) is 12.1 Å². The summed E-state index contributed by atoms with van der Waals surface area (Å²) in [5, 5.41) is 3.40. The predicted molar refractivity (Wildman–Crippen MR) is 151 cm³/mol. The molecule has 37 heavy (non-hydrogen) atoms. The van der Waals surface area contributed by atoms with Gasteiger partial charge in [0.15, 0.2) is 5.65 Å². The summed E-state index contributed by atoms with van der Waals surface area (Å²) < 4.78 is 1.96. The summed E-state index contributed by atoms with van der Waals surface area (Å²) in [4.78, 5) is 31.2. The van der Waals surface area contributed by atoms with Crippen molar-refractivity contribution < 1.29 is 4.79 Å². The molecule has 200 valence electrons. The van der Waals surface area contributed by atoms with Gasteiger partial charge in [0.1, 0.15) is 11.5 Å². The van der Waals surface area contributed by atoms with Crippen LogP contribution in [-0.4, -0.2) is 107 Å². The number of piperazine rings is 1. The molecule has 0 aliphatic carbocycles. The summed E-state index contributed by atoms with van der Waals surface area (Å²) in [7, 11) is 4.05. The van der Waals surface area contributed by atoms with E-state index in [1.807, 2.05) is 29.6 Å². The van der Waals surface area contributed by atoms with Crippen LogP contribution in [0.25, 0.3) is 16.9 Å². The van der Waals surface area contributed by atoms with Crippen molar-refractivity contribution in [2.75, 3.05) is 70.1 Å². The van der Waals surface area contributed by atoms with E-state index in [9.17, 15) is 4.79 Å². The van der Waals surface area contributed by atoms with E-state index in [1.54, 1.807) is 12.4 Å². The maximum Gasteiger partial charge on any atom is 0.242 e. The van der Waals surface area contributed by atoms with Gasteiger partial charge in [0.2, 0.25) is 5.91 Å². The van der Waals surface area contributed by atoms with E-state index in [0.717, 1.165) is 67.7 Å². The quantitative estimate of drug-likeness (QED) is 0.453. The number of benzene rings is 1. The van der Waals surface area contributed by atoms with Crippen LogP contribution in [0.2, 0.25) is 0 Å². The maximum atomic E-state index is 13.1. The van der Waals surface area contributed by atoms with E-state index in [4.69, 9.17) is 4.98 Å². The summed E-state index contributed by atoms with van der Waals surface area (Å²) >= 11 is 0. The first kappa shape index (κ1) is 26.9. The maximum absolute atomic E-state index is 13.1. The number of imidazole rings is 1. The van der Waals surface area contributed by atoms with E-state index in [-0.39, 0.29) is 12.5 Å². The van der Waals surface area contributed by atoms with E-state index < -0.39 is 0 Å². The van der Waals surface area contributed by atoms with E-state index in [0.29, 0.717) is 12.1 Å². The lowest BCUT2D eigenvalue weighted by Crippen LogP contribution is -2.52. The molecule has 3 aromatic rings. The second-order valence-corrected chi connectivity index (χ2v) is 10.6. The number of rotatable bonds is 10. The Balaban J connectivity index is 1.38. The van der Waals surface area contributed by atoms with Crippen LogP contribution in [0.1, 0.15) is 27.7 Å². The molecule has 0 bridgehead atoms. The average Bonchev–Trinajstić information content (AvgIpc) is 3.26. The molecule has 1 aliphatic heterocycles. The Labute approximate surface area is 221 Å². The molecule has 0 saturated carbocycles. The molecule has 9 heteroatoms. The lowest BCUT2D eigenvalue weighted by Gasteiger charge is -2.37. The second-order valence-electron chi connectivity index (χ2n) is 10.6. The van der Waals surface area contributed by atoms with Gasteiger partial charge in [-0.3, -0.25) is 24.0 Å². The van der Waals surface area contributed by atoms with Crippen molar-refractivity contribution >= 4 is 23.1 Å². The van der Waals surface area contributed by atoms with Crippen molar-refractivity contribution in [3.8, 4) is 11.3 Å². The Kier molecular flexibility index (Phi) is 8.66. The molecule has 1 aromatic carbocycles. The number of fused-ring (bicyclic) bond motifs is 1. The van der Waals surface area contributed by atoms with Gasteiger partial charge < -0.3 is 15.1 Å². The van der Waals surface area contributed by atoms with Crippen LogP contribution in [-0.2, 0) is 4.79 Å². The monoisotopic (exact) mass is 506 g/mol. The fourth-order valence-corrected chi connectivity index (χ4v) is 5.06. The molecule has 4 rings (SSSR count). The summed E-state index contributed by atoms with van der Waals surface area (Å²) in [5.41, 5.74) is 3.68.